The lowest BCUT2D eigenvalue weighted by molar-refractivity contribution is -0.146. The minimum Gasteiger partial charge on any atom is -0.466 e. The molecule has 4 heteroatoms. The van der Waals surface area contributed by atoms with Crippen molar-refractivity contribution in [2.45, 2.75) is 125 Å². The minimum absolute atomic E-state index is 0.0249. The summed E-state index contributed by atoms with van der Waals surface area (Å²) < 4.78 is 10.6. The summed E-state index contributed by atoms with van der Waals surface area (Å²) in [4.78, 5) is 23.7. The maximum atomic E-state index is 12.1. The lowest BCUT2D eigenvalue weighted by Gasteiger charge is -2.20. The highest BCUT2D eigenvalue weighted by Gasteiger charge is 2.18. The van der Waals surface area contributed by atoms with Crippen molar-refractivity contribution >= 4 is 11.9 Å². The number of unbranched alkanes of at least 4 members (excludes halogenated alkanes) is 7. The van der Waals surface area contributed by atoms with Crippen molar-refractivity contribution < 1.29 is 19.1 Å². The van der Waals surface area contributed by atoms with Gasteiger partial charge in [-0.15, -0.1) is 0 Å². The molecule has 0 saturated carbocycles. The van der Waals surface area contributed by atoms with Gasteiger partial charge in [0.25, 0.3) is 0 Å². The van der Waals surface area contributed by atoms with Crippen LogP contribution in [-0.2, 0) is 19.1 Å². The summed E-state index contributed by atoms with van der Waals surface area (Å²) in [6.45, 7) is 14.1. The highest BCUT2D eigenvalue weighted by atomic mass is 16.5. The number of ether oxygens (including phenoxy) is 2. The number of hydrogen-bond donors (Lipinski definition) is 0. The largest absolute Gasteiger partial charge is 0.466 e. The van der Waals surface area contributed by atoms with E-state index in [1.54, 1.807) is 0 Å². The quantitative estimate of drug-likeness (QED) is 0.143. The zero-order valence-corrected chi connectivity index (χ0v) is 21.5. The molecule has 0 aliphatic carbocycles. The highest BCUT2D eigenvalue weighted by Crippen LogP contribution is 2.23. The van der Waals surface area contributed by atoms with Gasteiger partial charge in [-0.25, -0.2) is 0 Å². The summed E-state index contributed by atoms with van der Waals surface area (Å²) in [6.07, 6.45) is 13.6. The Labute approximate surface area is 193 Å². The molecule has 0 amide bonds. The molecule has 0 heterocycles. The van der Waals surface area contributed by atoms with Crippen molar-refractivity contribution in [3.8, 4) is 0 Å². The standard InChI is InChI=1S/C27H52O4/c1-22(2)17-19-30-26(28)16-14-12-10-8-7-9-11-13-15-25(24(5)6)21-27(29)31-20-18-23(3)4/h22-25H,7-21H2,1-6H3. The summed E-state index contributed by atoms with van der Waals surface area (Å²) in [5.74, 6) is 2.05. The molecule has 0 N–H and O–H groups in total. The van der Waals surface area contributed by atoms with Gasteiger partial charge in [0.05, 0.1) is 13.2 Å². The fourth-order valence-corrected chi connectivity index (χ4v) is 3.57. The fraction of sp³-hybridized carbons (Fsp3) is 0.926. The van der Waals surface area contributed by atoms with Gasteiger partial charge >= 0.3 is 11.9 Å². The van der Waals surface area contributed by atoms with Gasteiger partial charge in [0.1, 0.15) is 0 Å². The van der Waals surface area contributed by atoms with Gasteiger partial charge in [-0.05, 0) is 49.4 Å². The molecule has 0 fully saturated rings. The first-order chi connectivity index (χ1) is 14.7. The van der Waals surface area contributed by atoms with Gasteiger partial charge in [0.15, 0.2) is 0 Å². The minimum atomic E-state index is -0.0378. The summed E-state index contributed by atoms with van der Waals surface area (Å²) in [5, 5.41) is 0. The fourth-order valence-electron chi connectivity index (χ4n) is 3.57. The average Bonchev–Trinajstić information content (AvgIpc) is 2.67. The Morgan fingerprint density at radius 3 is 1.52 bits per heavy atom. The lowest BCUT2D eigenvalue weighted by atomic mass is 9.87. The second-order valence-electron chi connectivity index (χ2n) is 10.4. The molecule has 0 radical (unpaired) electrons. The Morgan fingerprint density at radius 1 is 0.581 bits per heavy atom. The van der Waals surface area contributed by atoms with E-state index in [0.717, 1.165) is 32.1 Å². The molecule has 0 bridgehead atoms. The Balaban J connectivity index is 3.63. The van der Waals surface area contributed by atoms with Crippen LogP contribution in [0.25, 0.3) is 0 Å². The van der Waals surface area contributed by atoms with E-state index in [4.69, 9.17) is 9.47 Å². The van der Waals surface area contributed by atoms with E-state index >= 15 is 0 Å². The van der Waals surface area contributed by atoms with Crippen molar-refractivity contribution in [3.05, 3.63) is 0 Å². The third-order valence-electron chi connectivity index (χ3n) is 5.99. The molecule has 0 rings (SSSR count). The molecule has 0 spiro atoms. The van der Waals surface area contributed by atoms with Crippen LogP contribution < -0.4 is 0 Å². The molecule has 0 aliphatic heterocycles. The van der Waals surface area contributed by atoms with Crippen molar-refractivity contribution in [1.82, 2.24) is 0 Å². The maximum absolute atomic E-state index is 12.1. The Bertz CT molecular complexity index is 443. The molecular weight excluding hydrogens is 388 g/mol. The number of esters is 2. The van der Waals surface area contributed by atoms with E-state index in [0.29, 0.717) is 49.7 Å². The molecule has 0 saturated heterocycles. The van der Waals surface area contributed by atoms with Crippen molar-refractivity contribution in [2.75, 3.05) is 13.2 Å². The number of rotatable bonds is 20. The molecule has 184 valence electrons. The Hall–Kier alpha value is -1.06. The van der Waals surface area contributed by atoms with Crippen LogP contribution in [0, 0.1) is 23.7 Å². The molecule has 0 aromatic carbocycles. The van der Waals surface area contributed by atoms with E-state index in [2.05, 4.69) is 41.5 Å². The smallest absolute Gasteiger partial charge is 0.306 e. The molecule has 4 nitrogen and oxygen atoms in total. The van der Waals surface area contributed by atoms with Gasteiger partial charge in [-0.1, -0.05) is 86.5 Å². The first kappa shape index (κ1) is 29.9. The number of hydrogen-bond acceptors (Lipinski definition) is 4. The Morgan fingerprint density at radius 2 is 1.03 bits per heavy atom. The molecule has 1 unspecified atom stereocenters. The normalized spacial score (nSPS) is 12.5. The van der Waals surface area contributed by atoms with Crippen LogP contribution in [0.4, 0.5) is 0 Å². The SMILES string of the molecule is CC(C)CCOC(=O)CCCCCCCCCCC(CC(=O)OCCC(C)C)C(C)C. The number of carbonyl (C=O) groups excluding carboxylic acids is 2. The van der Waals surface area contributed by atoms with Crippen LogP contribution in [0.5, 0.6) is 0 Å². The van der Waals surface area contributed by atoms with Gasteiger partial charge in [-0.2, -0.15) is 0 Å². The molecule has 0 aliphatic rings. The van der Waals surface area contributed by atoms with Gasteiger partial charge in [0.2, 0.25) is 0 Å². The highest BCUT2D eigenvalue weighted by molar-refractivity contribution is 5.69. The zero-order chi connectivity index (χ0) is 23.5. The predicted octanol–water partition coefficient (Wildman–Crippen LogP) is 7.73. The first-order valence-electron chi connectivity index (χ1n) is 13.0. The molecule has 0 aromatic heterocycles. The summed E-state index contributed by atoms with van der Waals surface area (Å²) in [5.41, 5.74) is 0. The van der Waals surface area contributed by atoms with Crippen LogP contribution in [-0.4, -0.2) is 25.2 Å². The lowest BCUT2D eigenvalue weighted by Crippen LogP contribution is -2.17. The summed E-state index contributed by atoms with van der Waals surface area (Å²) in [7, 11) is 0. The molecule has 31 heavy (non-hydrogen) atoms. The van der Waals surface area contributed by atoms with Crippen molar-refractivity contribution in [2.24, 2.45) is 23.7 Å². The van der Waals surface area contributed by atoms with Gasteiger partial charge < -0.3 is 9.47 Å². The van der Waals surface area contributed by atoms with E-state index < -0.39 is 0 Å². The average molecular weight is 441 g/mol. The molecule has 0 aromatic rings. The topological polar surface area (TPSA) is 52.6 Å². The van der Waals surface area contributed by atoms with Crippen molar-refractivity contribution in [3.63, 3.8) is 0 Å². The van der Waals surface area contributed by atoms with E-state index in [1.165, 1.54) is 38.5 Å². The van der Waals surface area contributed by atoms with E-state index in [-0.39, 0.29) is 11.9 Å². The molecular formula is C27H52O4. The number of carbonyl (C=O) groups is 2. The third-order valence-corrected chi connectivity index (χ3v) is 5.99. The molecule has 1 atom stereocenters. The second-order valence-corrected chi connectivity index (χ2v) is 10.4. The maximum Gasteiger partial charge on any atom is 0.306 e. The van der Waals surface area contributed by atoms with Crippen LogP contribution in [0.2, 0.25) is 0 Å². The van der Waals surface area contributed by atoms with E-state index in [1.807, 2.05) is 0 Å². The third kappa shape index (κ3) is 20.6. The van der Waals surface area contributed by atoms with Gasteiger partial charge in [-0.3, -0.25) is 9.59 Å². The van der Waals surface area contributed by atoms with E-state index in [9.17, 15) is 9.59 Å². The zero-order valence-electron chi connectivity index (χ0n) is 21.5. The monoisotopic (exact) mass is 440 g/mol. The predicted molar refractivity (Wildman–Crippen MR) is 130 cm³/mol. The second kappa shape index (κ2) is 19.6. The summed E-state index contributed by atoms with van der Waals surface area (Å²) >= 11 is 0. The van der Waals surface area contributed by atoms with Gasteiger partial charge in [0, 0.05) is 12.8 Å². The van der Waals surface area contributed by atoms with Crippen LogP contribution in [0.1, 0.15) is 125 Å². The van der Waals surface area contributed by atoms with Crippen molar-refractivity contribution in [1.29, 1.82) is 0 Å². The summed E-state index contributed by atoms with van der Waals surface area (Å²) in [6, 6.07) is 0. The van der Waals surface area contributed by atoms with Crippen LogP contribution in [0.15, 0.2) is 0 Å². The first-order valence-corrected chi connectivity index (χ1v) is 13.0. The van der Waals surface area contributed by atoms with Crippen LogP contribution in [0.3, 0.4) is 0 Å². The Kier molecular flexibility index (Phi) is 18.9. The van der Waals surface area contributed by atoms with Crippen LogP contribution >= 0.6 is 0 Å².